The molecule has 0 fully saturated rings. The molecule has 0 aromatic carbocycles. The van der Waals surface area contributed by atoms with Gasteiger partial charge in [-0.15, -0.1) is 10.2 Å². The Morgan fingerprint density at radius 2 is 2.15 bits per heavy atom. The molecule has 0 atom stereocenters. The van der Waals surface area contributed by atoms with E-state index in [2.05, 4.69) is 25.8 Å². The maximum atomic E-state index is 11.5. The number of nitrogens with one attached hydrogen (secondary N) is 2. The Morgan fingerprint density at radius 1 is 1.25 bits per heavy atom. The van der Waals surface area contributed by atoms with Gasteiger partial charge in [0.05, 0.1) is 0 Å². The van der Waals surface area contributed by atoms with Gasteiger partial charge in [0.25, 0.3) is 5.91 Å². The molecule has 2 aromatic rings. The zero-order valence-electron chi connectivity index (χ0n) is 11.3. The van der Waals surface area contributed by atoms with Gasteiger partial charge in [-0.25, -0.2) is 0 Å². The van der Waals surface area contributed by atoms with E-state index in [1.807, 2.05) is 25.3 Å². The third-order valence-corrected chi connectivity index (χ3v) is 2.68. The lowest BCUT2D eigenvalue weighted by molar-refractivity contribution is 0.0950. The molecule has 6 heteroatoms. The predicted molar refractivity (Wildman–Crippen MR) is 76.5 cm³/mol. The number of nitrogens with zero attached hydrogens (tertiary/aromatic N) is 3. The number of amides is 1. The fraction of sp³-hybridized carbons (Fsp3) is 0.286. The number of pyridine rings is 1. The molecule has 0 aliphatic carbocycles. The van der Waals surface area contributed by atoms with E-state index < -0.39 is 0 Å². The van der Waals surface area contributed by atoms with Gasteiger partial charge < -0.3 is 10.6 Å². The van der Waals surface area contributed by atoms with E-state index in [4.69, 9.17) is 0 Å². The zero-order valence-corrected chi connectivity index (χ0v) is 11.3. The maximum Gasteiger partial charge on any atom is 0.271 e. The molecule has 0 spiro atoms. The zero-order chi connectivity index (χ0) is 14.2. The van der Waals surface area contributed by atoms with Crippen molar-refractivity contribution in [3.8, 4) is 0 Å². The summed E-state index contributed by atoms with van der Waals surface area (Å²) in [6.07, 6.45) is 4.45. The SMILES string of the molecule is CCNC(=O)c1ccc(NCCc2cccnc2)nn1. The van der Waals surface area contributed by atoms with Crippen LogP contribution in [-0.2, 0) is 6.42 Å². The molecule has 2 aromatic heterocycles. The summed E-state index contributed by atoms with van der Waals surface area (Å²) in [6.45, 7) is 3.17. The van der Waals surface area contributed by atoms with E-state index in [0.717, 1.165) is 18.5 Å². The normalized spacial score (nSPS) is 10.1. The summed E-state index contributed by atoms with van der Waals surface area (Å²) in [6, 6.07) is 7.35. The van der Waals surface area contributed by atoms with E-state index >= 15 is 0 Å². The monoisotopic (exact) mass is 271 g/mol. The number of rotatable bonds is 6. The average Bonchev–Trinajstić information content (AvgIpc) is 2.49. The first-order chi connectivity index (χ1) is 9.79. The van der Waals surface area contributed by atoms with Crippen LogP contribution in [-0.4, -0.2) is 34.2 Å². The third-order valence-electron chi connectivity index (χ3n) is 2.68. The first-order valence-corrected chi connectivity index (χ1v) is 6.54. The standard InChI is InChI=1S/C14H17N5O/c1-2-16-14(20)12-5-6-13(19-18-12)17-9-7-11-4-3-8-15-10-11/h3-6,8,10H,2,7,9H2,1H3,(H,16,20)(H,17,19). The minimum atomic E-state index is -0.207. The number of carbonyl (C=O) groups excluding carboxylic acids is 1. The summed E-state index contributed by atoms with van der Waals surface area (Å²) >= 11 is 0. The van der Waals surface area contributed by atoms with Crippen molar-refractivity contribution in [2.75, 3.05) is 18.4 Å². The van der Waals surface area contributed by atoms with Crippen LogP contribution in [0.2, 0.25) is 0 Å². The molecule has 1 amide bonds. The van der Waals surface area contributed by atoms with Gasteiger partial charge in [-0.2, -0.15) is 0 Å². The van der Waals surface area contributed by atoms with Crippen LogP contribution in [0.5, 0.6) is 0 Å². The first-order valence-electron chi connectivity index (χ1n) is 6.54. The van der Waals surface area contributed by atoms with Crippen LogP contribution < -0.4 is 10.6 Å². The van der Waals surface area contributed by atoms with Crippen molar-refractivity contribution >= 4 is 11.7 Å². The maximum absolute atomic E-state index is 11.5. The summed E-state index contributed by atoms with van der Waals surface area (Å²) in [4.78, 5) is 15.6. The van der Waals surface area contributed by atoms with Gasteiger partial charge in [0.2, 0.25) is 0 Å². The lowest BCUT2D eigenvalue weighted by Gasteiger charge is -2.05. The lowest BCUT2D eigenvalue weighted by Crippen LogP contribution is -2.24. The molecule has 104 valence electrons. The Labute approximate surface area is 117 Å². The van der Waals surface area contributed by atoms with Gasteiger partial charge in [0.1, 0.15) is 5.82 Å². The molecule has 0 aliphatic heterocycles. The quantitative estimate of drug-likeness (QED) is 0.827. The topological polar surface area (TPSA) is 79.8 Å². The van der Waals surface area contributed by atoms with E-state index in [0.29, 0.717) is 18.1 Å². The van der Waals surface area contributed by atoms with E-state index in [1.165, 1.54) is 0 Å². The Kier molecular flexibility index (Phi) is 5.00. The highest BCUT2D eigenvalue weighted by Gasteiger charge is 2.06. The lowest BCUT2D eigenvalue weighted by atomic mass is 10.2. The predicted octanol–water partition coefficient (Wildman–Crippen LogP) is 1.28. The summed E-state index contributed by atoms with van der Waals surface area (Å²) in [5, 5.41) is 13.7. The molecule has 2 rings (SSSR count). The van der Waals surface area contributed by atoms with Crippen molar-refractivity contribution in [3.05, 3.63) is 47.9 Å². The Hall–Kier alpha value is -2.50. The van der Waals surface area contributed by atoms with Gasteiger partial charge in [0.15, 0.2) is 5.69 Å². The first kappa shape index (κ1) is 13.9. The smallest absolute Gasteiger partial charge is 0.271 e. The highest BCUT2D eigenvalue weighted by molar-refractivity contribution is 5.92. The average molecular weight is 271 g/mol. The van der Waals surface area contributed by atoms with Gasteiger partial charge in [-0.1, -0.05) is 6.07 Å². The van der Waals surface area contributed by atoms with E-state index in [9.17, 15) is 4.79 Å². The Morgan fingerprint density at radius 3 is 2.80 bits per heavy atom. The molecule has 20 heavy (non-hydrogen) atoms. The molecule has 2 N–H and O–H groups in total. The molecule has 0 saturated heterocycles. The van der Waals surface area contributed by atoms with Crippen molar-refractivity contribution in [1.82, 2.24) is 20.5 Å². The molecule has 0 unspecified atom stereocenters. The largest absolute Gasteiger partial charge is 0.368 e. The third kappa shape index (κ3) is 4.01. The van der Waals surface area contributed by atoms with Crippen LogP contribution in [0.1, 0.15) is 23.0 Å². The number of hydrogen-bond donors (Lipinski definition) is 2. The van der Waals surface area contributed by atoms with Gasteiger partial charge >= 0.3 is 0 Å². The minimum absolute atomic E-state index is 0.207. The number of aromatic nitrogens is 3. The van der Waals surface area contributed by atoms with Crippen LogP contribution in [0.4, 0.5) is 5.82 Å². The van der Waals surface area contributed by atoms with Crippen LogP contribution in [0.3, 0.4) is 0 Å². The number of carbonyl (C=O) groups is 1. The summed E-state index contributed by atoms with van der Waals surface area (Å²) in [5.41, 5.74) is 1.48. The highest BCUT2D eigenvalue weighted by Crippen LogP contribution is 2.03. The van der Waals surface area contributed by atoms with Crippen LogP contribution >= 0.6 is 0 Å². The molecule has 0 aliphatic rings. The van der Waals surface area contributed by atoms with Crippen molar-refractivity contribution in [2.45, 2.75) is 13.3 Å². The fourth-order valence-electron chi connectivity index (χ4n) is 1.68. The second kappa shape index (κ2) is 7.18. The molecule has 0 bridgehead atoms. The number of hydrogen-bond acceptors (Lipinski definition) is 5. The summed E-state index contributed by atoms with van der Waals surface area (Å²) < 4.78 is 0. The van der Waals surface area contributed by atoms with Gasteiger partial charge in [0, 0.05) is 25.5 Å². The van der Waals surface area contributed by atoms with Crippen molar-refractivity contribution < 1.29 is 4.79 Å². The second-order valence-corrected chi connectivity index (χ2v) is 4.20. The van der Waals surface area contributed by atoms with E-state index in [-0.39, 0.29) is 5.91 Å². The van der Waals surface area contributed by atoms with Gasteiger partial charge in [-0.05, 0) is 37.1 Å². The van der Waals surface area contributed by atoms with Crippen molar-refractivity contribution in [3.63, 3.8) is 0 Å². The molecular weight excluding hydrogens is 254 g/mol. The van der Waals surface area contributed by atoms with Crippen LogP contribution in [0.25, 0.3) is 0 Å². The van der Waals surface area contributed by atoms with Crippen LogP contribution in [0.15, 0.2) is 36.7 Å². The molecule has 2 heterocycles. The second-order valence-electron chi connectivity index (χ2n) is 4.20. The van der Waals surface area contributed by atoms with Crippen molar-refractivity contribution in [2.24, 2.45) is 0 Å². The number of anilines is 1. The Balaban J connectivity index is 1.83. The summed E-state index contributed by atoms with van der Waals surface area (Å²) in [5.74, 6) is 0.448. The van der Waals surface area contributed by atoms with Gasteiger partial charge in [-0.3, -0.25) is 9.78 Å². The molecule has 0 saturated carbocycles. The van der Waals surface area contributed by atoms with E-state index in [1.54, 1.807) is 18.3 Å². The fourth-order valence-corrected chi connectivity index (χ4v) is 1.68. The minimum Gasteiger partial charge on any atom is -0.368 e. The van der Waals surface area contributed by atoms with Crippen molar-refractivity contribution in [1.29, 1.82) is 0 Å². The Bertz CT molecular complexity index is 541. The van der Waals surface area contributed by atoms with Crippen LogP contribution in [0, 0.1) is 0 Å². The molecule has 0 radical (unpaired) electrons. The summed E-state index contributed by atoms with van der Waals surface area (Å²) in [7, 11) is 0. The molecular formula is C14H17N5O. The molecule has 6 nitrogen and oxygen atoms in total. The highest BCUT2D eigenvalue weighted by atomic mass is 16.1.